The van der Waals surface area contributed by atoms with E-state index >= 15 is 0 Å². The lowest BCUT2D eigenvalue weighted by atomic mass is 9.83. The molecule has 0 bridgehead atoms. The van der Waals surface area contributed by atoms with Gasteiger partial charge in [0.25, 0.3) is 0 Å². The summed E-state index contributed by atoms with van der Waals surface area (Å²) in [5, 5.41) is 22.5. The summed E-state index contributed by atoms with van der Waals surface area (Å²) >= 11 is 0. The molecule has 13 aromatic rings. The number of benzene rings is 12. The number of aryl methyl sites for hydroxylation is 2. The highest BCUT2D eigenvalue weighted by Gasteiger charge is 2.30. The Labute approximate surface area is 508 Å². The number of aromatic hydroxyl groups is 1. The maximum atomic E-state index is 13.2. The van der Waals surface area contributed by atoms with Gasteiger partial charge in [-0.1, -0.05) is 241 Å². The number of fused-ring (bicyclic) bond motifs is 3. The van der Waals surface area contributed by atoms with Gasteiger partial charge in [-0.15, -0.1) is 0 Å². The van der Waals surface area contributed by atoms with Crippen LogP contribution in [0.4, 0.5) is 34.1 Å². The van der Waals surface area contributed by atoms with E-state index in [0.29, 0.717) is 5.69 Å². The quantitative estimate of drug-likeness (QED) is 0.117. The molecule has 0 amide bonds. The molecule has 13 rings (SSSR count). The molecular formula is C82H78N2O2. The molecule has 1 aromatic heterocycles. The fraction of sp³-hybridized carbons (Fsp3) is 0.220. The van der Waals surface area contributed by atoms with E-state index in [0.717, 1.165) is 96.2 Å². The standard InChI is InChI=1S/C82H78N2O2/c1-13-52-25-15-17-33-60(52)54-27-19-28-55(45-54)62-35-23-39-72(78(62)85)83(58-31-20-29-56(46-58)81(7,8)9)74-48-70(50(3)4)63-42-44-69-75(49-71(51(5)6)64-41-43-68(74)76(63)77(64)69)84(59-32-21-30-57(47-59)82(10,11)12)73-40-24-38-67-66-37-22-36-65(79(66)86-80(67)73)61-34-18-16-26-53(61)14-2/h15-51,85H,13-14H2,1-12H3. The molecule has 0 radical (unpaired) electrons. The SMILES string of the molecule is CCc1ccccc1-c1cccc(-c2cccc(N(c3cccc(C(C)(C)C)c3)c3cc(C(C)C)c4ccc5c(N(c6cccc(C(C)(C)C)c6)c6cccc7c6oc6c(-c8ccccc8CC)cccc67)cc(C(C)C)c6ccc3c4c65)c2O)c1. The Kier molecular flexibility index (Phi) is 14.2. The third-order valence-electron chi connectivity index (χ3n) is 18.2. The first-order valence-electron chi connectivity index (χ1n) is 31.1. The number of phenolic OH excluding ortho intramolecular Hbond substituents is 1. The molecule has 0 fully saturated rings. The fourth-order valence-corrected chi connectivity index (χ4v) is 13.6. The maximum absolute atomic E-state index is 13.2. The molecule has 0 spiro atoms. The second kappa shape index (κ2) is 21.7. The van der Waals surface area contributed by atoms with Gasteiger partial charge in [0, 0.05) is 44.0 Å². The third-order valence-corrected chi connectivity index (χ3v) is 18.2. The van der Waals surface area contributed by atoms with Crippen molar-refractivity contribution >= 4 is 88.4 Å². The van der Waals surface area contributed by atoms with Crippen LogP contribution in [0, 0.1) is 0 Å². The first-order valence-corrected chi connectivity index (χ1v) is 31.1. The van der Waals surface area contributed by atoms with Crippen LogP contribution in [-0.2, 0) is 23.7 Å². The predicted molar refractivity (Wildman–Crippen MR) is 369 cm³/mol. The average Bonchev–Trinajstić information content (AvgIpc) is 1.10. The van der Waals surface area contributed by atoms with Crippen molar-refractivity contribution in [2.24, 2.45) is 0 Å². The second-order valence-corrected chi connectivity index (χ2v) is 26.3. The number of nitrogens with zero attached hydrogens (tertiary/aromatic N) is 2. The molecule has 0 aliphatic rings. The summed E-state index contributed by atoms with van der Waals surface area (Å²) in [7, 11) is 0. The van der Waals surface area contributed by atoms with E-state index in [-0.39, 0.29) is 28.4 Å². The molecule has 4 heteroatoms. The first kappa shape index (κ1) is 56.0. The van der Waals surface area contributed by atoms with Crippen LogP contribution >= 0.6 is 0 Å². The van der Waals surface area contributed by atoms with Crippen LogP contribution < -0.4 is 9.80 Å². The Morgan fingerprint density at radius 2 is 0.802 bits per heavy atom. The molecule has 1 heterocycles. The average molecular weight is 1120 g/mol. The van der Waals surface area contributed by atoms with Gasteiger partial charge in [0.1, 0.15) is 11.3 Å². The van der Waals surface area contributed by atoms with Gasteiger partial charge in [-0.25, -0.2) is 0 Å². The van der Waals surface area contributed by atoms with Crippen LogP contribution in [0.3, 0.4) is 0 Å². The summed E-state index contributed by atoms with van der Waals surface area (Å²) < 4.78 is 7.40. The van der Waals surface area contributed by atoms with E-state index in [1.807, 2.05) is 0 Å². The number of para-hydroxylation sites is 3. The maximum Gasteiger partial charge on any atom is 0.159 e. The Balaban J connectivity index is 1.11. The smallest absolute Gasteiger partial charge is 0.159 e. The van der Waals surface area contributed by atoms with E-state index in [1.165, 1.54) is 66.1 Å². The van der Waals surface area contributed by atoms with Crippen molar-refractivity contribution in [3.05, 3.63) is 246 Å². The highest BCUT2D eigenvalue weighted by Crippen LogP contribution is 2.54. The predicted octanol–water partition coefficient (Wildman–Crippen LogP) is 24.1. The molecule has 0 saturated heterocycles. The van der Waals surface area contributed by atoms with Gasteiger partial charge in [0.15, 0.2) is 5.58 Å². The highest BCUT2D eigenvalue weighted by atomic mass is 16.3. The minimum atomic E-state index is -0.135. The summed E-state index contributed by atoms with van der Waals surface area (Å²) in [6.45, 7) is 27.5. The summed E-state index contributed by atoms with van der Waals surface area (Å²) in [4.78, 5) is 4.83. The topological polar surface area (TPSA) is 39.9 Å². The van der Waals surface area contributed by atoms with Crippen LogP contribution in [0.5, 0.6) is 5.75 Å². The van der Waals surface area contributed by atoms with E-state index < -0.39 is 0 Å². The van der Waals surface area contributed by atoms with Gasteiger partial charge in [0.2, 0.25) is 0 Å². The Morgan fingerprint density at radius 1 is 0.372 bits per heavy atom. The van der Waals surface area contributed by atoms with Crippen LogP contribution in [0.15, 0.2) is 217 Å². The van der Waals surface area contributed by atoms with Gasteiger partial charge in [-0.05, 0) is 167 Å². The van der Waals surface area contributed by atoms with Crippen LogP contribution in [-0.4, -0.2) is 5.11 Å². The van der Waals surface area contributed by atoms with E-state index in [2.05, 4.69) is 305 Å². The molecule has 1 N–H and O–H groups in total. The van der Waals surface area contributed by atoms with E-state index in [1.54, 1.807) is 0 Å². The van der Waals surface area contributed by atoms with Crippen molar-refractivity contribution in [2.45, 2.75) is 119 Å². The number of phenols is 1. The minimum Gasteiger partial charge on any atom is -0.505 e. The summed E-state index contributed by atoms with van der Waals surface area (Å²) in [5.41, 5.74) is 21.3. The van der Waals surface area contributed by atoms with Crippen molar-refractivity contribution < 1.29 is 9.52 Å². The molecule has 0 atom stereocenters. The molecule has 12 aromatic carbocycles. The summed E-state index contributed by atoms with van der Waals surface area (Å²) in [6.07, 6.45) is 1.85. The van der Waals surface area contributed by atoms with Crippen molar-refractivity contribution in [1.82, 2.24) is 0 Å². The lowest BCUT2D eigenvalue weighted by Gasteiger charge is -2.33. The zero-order chi connectivity index (χ0) is 59.9. The molecule has 4 nitrogen and oxygen atoms in total. The molecule has 428 valence electrons. The van der Waals surface area contributed by atoms with Crippen molar-refractivity contribution in [3.8, 4) is 39.1 Å². The normalized spacial score (nSPS) is 12.3. The summed E-state index contributed by atoms with van der Waals surface area (Å²) in [5.74, 6) is 0.569. The molecule has 0 saturated carbocycles. The lowest BCUT2D eigenvalue weighted by Crippen LogP contribution is -2.16. The van der Waals surface area contributed by atoms with Crippen LogP contribution in [0.2, 0.25) is 0 Å². The molecular weight excluding hydrogens is 1040 g/mol. The van der Waals surface area contributed by atoms with Crippen molar-refractivity contribution in [3.63, 3.8) is 0 Å². The number of hydrogen-bond acceptors (Lipinski definition) is 4. The Morgan fingerprint density at radius 3 is 1.36 bits per heavy atom. The first-order chi connectivity index (χ1) is 41.4. The van der Waals surface area contributed by atoms with E-state index in [9.17, 15) is 5.11 Å². The molecule has 0 aliphatic carbocycles. The largest absolute Gasteiger partial charge is 0.505 e. The van der Waals surface area contributed by atoms with E-state index in [4.69, 9.17) is 4.42 Å². The summed E-state index contributed by atoms with van der Waals surface area (Å²) in [6, 6.07) is 78.1. The minimum absolute atomic E-state index is 0.110. The van der Waals surface area contributed by atoms with Crippen LogP contribution in [0.1, 0.15) is 128 Å². The van der Waals surface area contributed by atoms with Crippen LogP contribution in [0.25, 0.3) is 87.6 Å². The van der Waals surface area contributed by atoms with Gasteiger partial charge >= 0.3 is 0 Å². The lowest BCUT2D eigenvalue weighted by molar-refractivity contribution is 0.478. The Hall–Kier alpha value is -9.12. The van der Waals surface area contributed by atoms with Crippen molar-refractivity contribution in [1.29, 1.82) is 0 Å². The zero-order valence-electron chi connectivity index (χ0n) is 52.0. The highest BCUT2D eigenvalue weighted by molar-refractivity contribution is 6.30. The zero-order valence-corrected chi connectivity index (χ0v) is 52.0. The third kappa shape index (κ3) is 9.55. The Bertz CT molecular complexity index is 4730. The monoisotopic (exact) mass is 1120 g/mol. The molecule has 0 aliphatic heterocycles. The molecule has 0 unspecified atom stereocenters. The number of rotatable bonds is 13. The second-order valence-electron chi connectivity index (χ2n) is 26.3. The van der Waals surface area contributed by atoms with Gasteiger partial charge in [0.05, 0.1) is 22.7 Å². The molecule has 86 heavy (non-hydrogen) atoms. The number of anilines is 6. The number of hydrogen-bond donors (Lipinski definition) is 1. The van der Waals surface area contributed by atoms with Crippen molar-refractivity contribution in [2.75, 3.05) is 9.80 Å². The fourth-order valence-electron chi connectivity index (χ4n) is 13.6. The number of furan rings is 1. The van der Waals surface area contributed by atoms with Gasteiger partial charge < -0.3 is 19.3 Å². The van der Waals surface area contributed by atoms with Gasteiger partial charge in [-0.2, -0.15) is 0 Å². The van der Waals surface area contributed by atoms with Gasteiger partial charge in [-0.3, -0.25) is 0 Å².